The Morgan fingerprint density at radius 1 is 1.05 bits per heavy atom. The summed E-state index contributed by atoms with van der Waals surface area (Å²) in [6.07, 6.45) is -2.03. The Balaban J connectivity index is 0.00000560. The lowest BCUT2D eigenvalue weighted by Gasteiger charge is -2.31. The van der Waals surface area contributed by atoms with E-state index in [1.54, 1.807) is 20.8 Å². The van der Waals surface area contributed by atoms with E-state index in [1.807, 2.05) is 42.5 Å². The first-order valence-corrected chi connectivity index (χ1v) is 13.7. The van der Waals surface area contributed by atoms with E-state index in [-0.39, 0.29) is 44.2 Å². The van der Waals surface area contributed by atoms with Gasteiger partial charge in [-0.2, -0.15) is 0 Å². The Hall–Kier alpha value is -2.75. The van der Waals surface area contributed by atoms with Crippen LogP contribution in [0.15, 0.2) is 42.5 Å². The van der Waals surface area contributed by atoms with Crippen LogP contribution in [-0.2, 0) is 20.8 Å². The molecule has 0 radical (unpaired) electrons. The Kier molecular flexibility index (Phi) is 12.3. The highest BCUT2D eigenvalue weighted by atomic mass is 35.5. The average Bonchev–Trinajstić information content (AvgIpc) is 3.27. The number of hydrogen-bond donors (Lipinski definition) is 4. The molecule has 10 heteroatoms. The number of carbonyl (C=O) groups is 3. The molecular weight excluding hydrogens is 535 g/mol. The molecule has 1 aliphatic heterocycles. The van der Waals surface area contributed by atoms with Gasteiger partial charge in [-0.05, 0) is 28.8 Å². The largest absolute Gasteiger partial charge is 0.390 e. The van der Waals surface area contributed by atoms with Gasteiger partial charge in [0.05, 0.1) is 12.6 Å². The van der Waals surface area contributed by atoms with Crippen LogP contribution in [0.2, 0.25) is 0 Å². The van der Waals surface area contributed by atoms with E-state index in [4.69, 9.17) is 0 Å². The van der Waals surface area contributed by atoms with E-state index in [1.165, 1.54) is 4.90 Å². The van der Waals surface area contributed by atoms with Crippen molar-refractivity contribution in [2.75, 3.05) is 26.2 Å². The number of hydrogen-bond acceptors (Lipinski definition) is 5. The van der Waals surface area contributed by atoms with Gasteiger partial charge in [-0.3, -0.25) is 14.4 Å². The van der Waals surface area contributed by atoms with Gasteiger partial charge in [-0.1, -0.05) is 77.1 Å². The molecule has 8 nitrogen and oxygen atoms in total. The molecular formula is C30H44ClFN4O4. The number of nitrogens with one attached hydrogen (secondary N) is 3. The molecule has 1 unspecified atom stereocenters. The topological polar surface area (TPSA) is 111 Å². The molecule has 40 heavy (non-hydrogen) atoms. The van der Waals surface area contributed by atoms with Crippen molar-refractivity contribution in [3.8, 4) is 0 Å². The second kappa shape index (κ2) is 14.8. The molecule has 1 saturated heterocycles. The van der Waals surface area contributed by atoms with Gasteiger partial charge < -0.3 is 26.0 Å². The van der Waals surface area contributed by atoms with E-state index >= 15 is 0 Å². The highest BCUT2D eigenvalue weighted by molar-refractivity contribution is 5.94. The summed E-state index contributed by atoms with van der Waals surface area (Å²) in [5, 5.41) is 21.0. The van der Waals surface area contributed by atoms with Crippen molar-refractivity contribution in [2.45, 2.75) is 71.8 Å². The minimum atomic E-state index is -1.31. The summed E-state index contributed by atoms with van der Waals surface area (Å²) in [6.45, 7) is 10.2. The minimum Gasteiger partial charge on any atom is -0.390 e. The average molecular weight is 579 g/mol. The molecule has 3 amide bonds. The normalized spacial score (nSPS) is 18.8. The van der Waals surface area contributed by atoms with Crippen LogP contribution in [0.25, 0.3) is 10.8 Å². The molecule has 0 bridgehead atoms. The first-order valence-electron chi connectivity index (χ1n) is 13.7. The standard InChI is InChI=1S/C30H43FN4O4.ClH/c1-19(2)15-32-16-24(36)17-33-27(37)25(13-20-10-11-21-8-6-7-9-22(21)12-20)34-28(38)26-14-23(31)18-35(26)29(39)30(3,4)5;/h6-12,19,23-26,32,36H,13-18H2,1-5H3,(H,33,37)(H,34,38);1H/t23-,24?,25+,26-;/m0./s1. The maximum absolute atomic E-state index is 14.4. The number of rotatable bonds is 11. The van der Waals surface area contributed by atoms with Crippen molar-refractivity contribution in [2.24, 2.45) is 11.3 Å². The van der Waals surface area contributed by atoms with Crippen molar-refractivity contribution in [1.29, 1.82) is 0 Å². The SMILES string of the molecule is CC(C)CNCC(O)CNC(=O)[C@@H](Cc1ccc2ccccc2c1)NC(=O)[C@@H]1C[C@H](F)CN1C(=O)C(C)(C)C.Cl. The van der Waals surface area contributed by atoms with Crippen LogP contribution in [0, 0.1) is 11.3 Å². The highest BCUT2D eigenvalue weighted by Gasteiger charge is 2.43. The van der Waals surface area contributed by atoms with Gasteiger partial charge in [0.15, 0.2) is 0 Å². The molecule has 1 aliphatic rings. The van der Waals surface area contributed by atoms with Crippen LogP contribution < -0.4 is 16.0 Å². The van der Waals surface area contributed by atoms with Gasteiger partial charge in [0.1, 0.15) is 18.3 Å². The van der Waals surface area contributed by atoms with Gasteiger partial charge in [-0.25, -0.2) is 4.39 Å². The summed E-state index contributed by atoms with van der Waals surface area (Å²) in [5.74, 6) is -0.899. The fourth-order valence-corrected chi connectivity index (χ4v) is 4.72. The Morgan fingerprint density at radius 3 is 2.38 bits per heavy atom. The zero-order valence-corrected chi connectivity index (χ0v) is 24.9. The molecule has 4 N–H and O–H groups in total. The number of nitrogens with zero attached hydrogens (tertiary/aromatic N) is 1. The number of amides is 3. The van der Waals surface area contributed by atoms with E-state index in [0.29, 0.717) is 12.5 Å². The molecule has 2 aromatic carbocycles. The third kappa shape index (κ3) is 9.42. The summed E-state index contributed by atoms with van der Waals surface area (Å²) >= 11 is 0. The molecule has 0 saturated carbocycles. The predicted octanol–water partition coefficient (Wildman–Crippen LogP) is 3.00. The quantitative estimate of drug-likeness (QED) is 0.328. The smallest absolute Gasteiger partial charge is 0.243 e. The minimum absolute atomic E-state index is 0. The first-order chi connectivity index (χ1) is 18.3. The zero-order valence-electron chi connectivity index (χ0n) is 24.1. The molecule has 0 aliphatic carbocycles. The summed E-state index contributed by atoms with van der Waals surface area (Å²) in [5.41, 5.74) is 0.0650. The van der Waals surface area contributed by atoms with E-state index in [0.717, 1.165) is 22.9 Å². The lowest BCUT2D eigenvalue weighted by atomic mass is 9.94. The number of likely N-dealkylation sites (tertiary alicyclic amines) is 1. The van der Waals surface area contributed by atoms with E-state index in [2.05, 4.69) is 29.8 Å². The molecule has 1 heterocycles. The summed E-state index contributed by atoms with van der Waals surface area (Å²) in [4.78, 5) is 40.9. The Labute approximate surface area is 242 Å². The second-order valence-electron chi connectivity index (χ2n) is 12.0. The molecule has 4 atom stereocenters. The lowest BCUT2D eigenvalue weighted by molar-refractivity contribution is -0.145. The van der Waals surface area contributed by atoms with Crippen molar-refractivity contribution < 1.29 is 23.9 Å². The zero-order chi connectivity index (χ0) is 28.7. The number of aliphatic hydroxyl groups is 1. The van der Waals surface area contributed by atoms with Gasteiger partial charge in [0.2, 0.25) is 17.7 Å². The summed E-state index contributed by atoms with van der Waals surface area (Å²) in [7, 11) is 0. The number of alkyl halides is 1. The highest BCUT2D eigenvalue weighted by Crippen LogP contribution is 2.27. The number of carbonyl (C=O) groups excluding carboxylic acids is 3. The maximum atomic E-state index is 14.4. The van der Waals surface area contributed by atoms with Crippen LogP contribution in [0.1, 0.15) is 46.6 Å². The fourth-order valence-electron chi connectivity index (χ4n) is 4.72. The van der Waals surface area contributed by atoms with Crippen molar-refractivity contribution in [3.05, 3.63) is 48.0 Å². The van der Waals surface area contributed by atoms with E-state index in [9.17, 15) is 23.9 Å². The van der Waals surface area contributed by atoms with Crippen LogP contribution in [-0.4, -0.2) is 78.3 Å². The van der Waals surface area contributed by atoms with Crippen LogP contribution in [0.4, 0.5) is 4.39 Å². The Bertz CT molecular complexity index is 1160. The fraction of sp³-hybridized carbons (Fsp3) is 0.567. The third-order valence-corrected chi connectivity index (χ3v) is 6.79. The molecule has 0 aromatic heterocycles. The lowest BCUT2D eigenvalue weighted by Crippen LogP contribution is -2.55. The number of benzene rings is 2. The molecule has 2 aromatic rings. The maximum Gasteiger partial charge on any atom is 0.243 e. The van der Waals surface area contributed by atoms with Crippen LogP contribution in [0.5, 0.6) is 0 Å². The molecule has 3 rings (SSSR count). The first kappa shape index (κ1) is 33.5. The molecule has 0 spiro atoms. The van der Waals surface area contributed by atoms with Gasteiger partial charge in [0, 0.05) is 31.3 Å². The Morgan fingerprint density at radius 2 is 1.73 bits per heavy atom. The molecule has 222 valence electrons. The van der Waals surface area contributed by atoms with Gasteiger partial charge >= 0.3 is 0 Å². The summed E-state index contributed by atoms with van der Waals surface area (Å²) < 4.78 is 14.4. The van der Waals surface area contributed by atoms with Crippen molar-refractivity contribution in [3.63, 3.8) is 0 Å². The second-order valence-corrected chi connectivity index (χ2v) is 12.0. The van der Waals surface area contributed by atoms with Crippen molar-refractivity contribution in [1.82, 2.24) is 20.9 Å². The number of halogens is 2. The van der Waals surface area contributed by atoms with Crippen LogP contribution in [0.3, 0.4) is 0 Å². The number of fused-ring (bicyclic) bond motifs is 1. The number of aliphatic hydroxyl groups excluding tert-OH is 1. The van der Waals surface area contributed by atoms with Gasteiger partial charge in [0.25, 0.3) is 0 Å². The predicted molar refractivity (Wildman–Crippen MR) is 158 cm³/mol. The van der Waals surface area contributed by atoms with E-state index < -0.39 is 41.6 Å². The van der Waals surface area contributed by atoms with Crippen LogP contribution >= 0.6 is 12.4 Å². The summed E-state index contributed by atoms with van der Waals surface area (Å²) in [6, 6.07) is 11.7. The van der Waals surface area contributed by atoms with Crippen molar-refractivity contribution >= 4 is 40.9 Å². The third-order valence-electron chi connectivity index (χ3n) is 6.79. The molecule has 1 fully saturated rings. The monoisotopic (exact) mass is 578 g/mol. The van der Waals surface area contributed by atoms with Gasteiger partial charge in [-0.15, -0.1) is 12.4 Å².